The maximum atomic E-state index is 12.9. The lowest BCUT2D eigenvalue weighted by Gasteiger charge is -2.43. The van der Waals surface area contributed by atoms with Gasteiger partial charge in [-0.1, -0.05) is 40.6 Å². The molecule has 2 aromatic carbocycles. The average molecular weight is 673 g/mol. The van der Waals surface area contributed by atoms with E-state index in [0.29, 0.717) is 39.7 Å². The van der Waals surface area contributed by atoms with E-state index in [1.165, 1.54) is 5.57 Å². The molecule has 4 atom stereocenters. The van der Waals surface area contributed by atoms with E-state index in [9.17, 15) is 4.79 Å². The Bertz CT molecular complexity index is 1600. The van der Waals surface area contributed by atoms with Crippen LogP contribution in [0.3, 0.4) is 0 Å². The number of hydrogen-bond donors (Lipinski definition) is 3. The van der Waals surface area contributed by atoms with Gasteiger partial charge in [0.05, 0.1) is 16.3 Å². The summed E-state index contributed by atoms with van der Waals surface area (Å²) in [6.07, 6.45) is 6.62. The average Bonchev–Trinajstić information content (AvgIpc) is 3.87. The zero-order chi connectivity index (χ0) is 30.7. The Hall–Kier alpha value is -2.01. The number of hydrogen-bond acceptors (Lipinski definition) is 8. The van der Waals surface area contributed by atoms with Crippen molar-refractivity contribution in [2.24, 2.45) is 5.92 Å². The highest BCUT2D eigenvalue weighted by Gasteiger charge is 2.41. The first-order chi connectivity index (χ1) is 21.1. The van der Waals surface area contributed by atoms with E-state index in [1.807, 2.05) is 30.3 Å². The molecule has 7 nitrogen and oxygen atoms in total. The molecule has 3 aromatic rings. The number of halogens is 2. The van der Waals surface area contributed by atoms with E-state index < -0.39 is 0 Å². The Morgan fingerprint density at radius 3 is 2.55 bits per heavy atom. The predicted molar refractivity (Wildman–Crippen MR) is 183 cm³/mol. The van der Waals surface area contributed by atoms with Gasteiger partial charge in [0, 0.05) is 62.1 Å². The van der Waals surface area contributed by atoms with E-state index in [4.69, 9.17) is 33.0 Å². The van der Waals surface area contributed by atoms with Crippen molar-refractivity contribution in [1.82, 2.24) is 20.5 Å². The molecule has 2 aliphatic heterocycles. The summed E-state index contributed by atoms with van der Waals surface area (Å²) in [7, 11) is 0. The van der Waals surface area contributed by atoms with Crippen LogP contribution in [0.2, 0.25) is 10.0 Å². The third kappa shape index (κ3) is 6.08. The standard InChI is InChI=1S/C33H39Cl2N5O2S2/c1-17-12-21(31(41)39-44-33(4)10-11-33)15-26-28(17)37-32(43-26)40-18(2)13-22(14-19(40)3)36-16-23-29(38-42-30(23)20-8-9-20)27-24(34)6-5-7-25(27)35/h5-7,12,15,18-20,22,29,36,38H,8-11,13-14,16H2,1-4H3,(H,39,41)/t18-,19?,22?,29?/m0/s1. The van der Waals surface area contributed by atoms with Crippen molar-refractivity contribution in [3.63, 3.8) is 0 Å². The summed E-state index contributed by atoms with van der Waals surface area (Å²) < 4.78 is 4.32. The summed E-state index contributed by atoms with van der Waals surface area (Å²) in [5, 5.41) is 6.20. The number of fused-ring (bicyclic) bond motifs is 1. The van der Waals surface area contributed by atoms with Crippen molar-refractivity contribution in [3.8, 4) is 0 Å². The summed E-state index contributed by atoms with van der Waals surface area (Å²) in [5.74, 6) is 1.49. The summed E-state index contributed by atoms with van der Waals surface area (Å²) in [6.45, 7) is 9.55. The number of amides is 1. The van der Waals surface area contributed by atoms with Crippen molar-refractivity contribution in [2.75, 3.05) is 11.4 Å². The molecule has 44 heavy (non-hydrogen) atoms. The van der Waals surface area contributed by atoms with Gasteiger partial charge < -0.3 is 15.1 Å². The number of nitrogens with one attached hydrogen (secondary N) is 3. The molecule has 7 rings (SSSR count). The Morgan fingerprint density at radius 2 is 1.89 bits per heavy atom. The van der Waals surface area contributed by atoms with Gasteiger partial charge in [-0.25, -0.2) is 4.98 Å². The minimum Gasteiger partial charge on any atom is -0.412 e. The van der Waals surface area contributed by atoms with Crippen molar-refractivity contribution in [2.45, 2.75) is 95.1 Å². The number of carbonyl (C=O) groups excluding carboxylic acids is 1. The number of carbonyl (C=O) groups is 1. The molecule has 2 aliphatic carbocycles. The first-order valence-electron chi connectivity index (χ1n) is 15.6. The maximum absolute atomic E-state index is 12.9. The molecule has 11 heteroatoms. The van der Waals surface area contributed by atoms with Crippen LogP contribution in [-0.4, -0.2) is 40.3 Å². The Labute approximate surface area is 277 Å². The van der Waals surface area contributed by atoms with Gasteiger partial charge in [-0.2, -0.15) is 0 Å². The summed E-state index contributed by atoms with van der Waals surface area (Å²) >= 11 is 16.5. The minimum atomic E-state index is -0.164. The van der Waals surface area contributed by atoms with Crippen LogP contribution in [-0.2, 0) is 4.84 Å². The van der Waals surface area contributed by atoms with Crippen LogP contribution in [0.1, 0.15) is 86.8 Å². The van der Waals surface area contributed by atoms with Gasteiger partial charge in [0.15, 0.2) is 5.13 Å². The number of aryl methyl sites for hydroxylation is 1. The number of nitrogens with zero attached hydrogens (tertiary/aromatic N) is 2. The number of rotatable bonds is 9. The molecule has 234 valence electrons. The van der Waals surface area contributed by atoms with E-state index in [0.717, 1.165) is 77.3 Å². The first-order valence-corrected chi connectivity index (χ1v) is 18.0. The van der Waals surface area contributed by atoms with E-state index in [2.05, 4.69) is 48.1 Å². The van der Waals surface area contributed by atoms with Crippen molar-refractivity contribution in [3.05, 3.63) is 68.4 Å². The maximum Gasteiger partial charge on any atom is 0.261 e. The number of allylic oxidation sites excluding steroid dienone is 1. The third-order valence-corrected chi connectivity index (χ3v) is 12.3. The number of piperidine rings is 1. The quantitative estimate of drug-likeness (QED) is 0.198. The molecule has 1 saturated heterocycles. The molecule has 0 bridgehead atoms. The van der Waals surface area contributed by atoms with Crippen LogP contribution in [0, 0.1) is 12.8 Å². The molecule has 4 aliphatic rings. The van der Waals surface area contributed by atoms with Gasteiger partial charge in [0.1, 0.15) is 5.76 Å². The molecule has 3 unspecified atom stereocenters. The van der Waals surface area contributed by atoms with Crippen molar-refractivity contribution >= 4 is 67.7 Å². The number of thiazole rings is 1. The molecule has 1 amide bonds. The lowest BCUT2D eigenvalue weighted by molar-refractivity contribution is 0.0984. The molecule has 3 heterocycles. The van der Waals surface area contributed by atoms with E-state index in [-0.39, 0.29) is 16.7 Å². The highest BCUT2D eigenvalue weighted by molar-refractivity contribution is 7.99. The summed E-state index contributed by atoms with van der Waals surface area (Å²) in [4.78, 5) is 26.5. The topological polar surface area (TPSA) is 78.5 Å². The number of benzene rings is 2. The lowest BCUT2D eigenvalue weighted by atomic mass is 9.92. The summed E-state index contributed by atoms with van der Waals surface area (Å²) in [6, 6.07) is 10.4. The fourth-order valence-electron chi connectivity index (χ4n) is 6.61. The normalized spacial score (nSPS) is 26.3. The molecule has 3 fully saturated rings. The van der Waals surface area contributed by atoms with Crippen molar-refractivity contribution < 1.29 is 9.63 Å². The SMILES string of the molecule is Cc1cc(C(=O)NSC2(C)CC2)cc2sc(N3C(C)CC(NCC4=C(C5CC5)ONC4c4c(Cl)cccc4Cl)C[C@@H]3C)nc12. The van der Waals surface area contributed by atoms with Crippen LogP contribution in [0.5, 0.6) is 0 Å². The van der Waals surface area contributed by atoms with Crippen molar-refractivity contribution in [1.29, 1.82) is 0 Å². The molecule has 0 spiro atoms. The van der Waals surface area contributed by atoms with Crippen LogP contribution < -0.4 is 20.4 Å². The molecular weight excluding hydrogens is 633 g/mol. The highest BCUT2D eigenvalue weighted by Crippen LogP contribution is 2.47. The number of hydroxylamine groups is 1. The zero-order valence-corrected chi connectivity index (χ0v) is 28.7. The van der Waals surface area contributed by atoms with Gasteiger partial charge in [0.25, 0.3) is 5.91 Å². The second kappa shape index (κ2) is 12.0. The third-order valence-electron chi connectivity index (χ3n) is 9.47. The van der Waals surface area contributed by atoms with Gasteiger partial charge in [-0.3, -0.25) is 9.52 Å². The first kappa shape index (κ1) is 30.6. The zero-order valence-electron chi connectivity index (χ0n) is 25.5. The Morgan fingerprint density at radius 1 is 1.18 bits per heavy atom. The van der Waals surface area contributed by atoms with Gasteiger partial charge >= 0.3 is 0 Å². The fraction of sp³-hybridized carbons (Fsp3) is 0.515. The largest absolute Gasteiger partial charge is 0.412 e. The number of aromatic nitrogens is 1. The van der Waals surface area contributed by atoms with Gasteiger partial charge in [-0.15, -0.1) is 5.48 Å². The molecule has 3 N–H and O–H groups in total. The van der Waals surface area contributed by atoms with E-state index >= 15 is 0 Å². The Kier molecular flexibility index (Phi) is 8.34. The van der Waals surface area contributed by atoms with E-state index in [1.54, 1.807) is 23.3 Å². The Balaban J connectivity index is 1.04. The molecular formula is C33H39Cl2N5O2S2. The molecule has 0 radical (unpaired) electrons. The fourth-order valence-corrected chi connectivity index (χ4v) is 9.28. The molecule has 1 aromatic heterocycles. The summed E-state index contributed by atoms with van der Waals surface area (Å²) in [5.41, 5.74) is 8.04. The smallest absolute Gasteiger partial charge is 0.261 e. The second-order valence-corrected chi connectivity index (χ2v) is 16.4. The van der Waals surface area contributed by atoms with Gasteiger partial charge in [-0.05, 0) is 108 Å². The second-order valence-electron chi connectivity index (χ2n) is 13.2. The lowest BCUT2D eigenvalue weighted by Crippen LogP contribution is -2.52. The van der Waals surface area contributed by atoms with Crippen LogP contribution in [0.4, 0.5) is 5.13 Å². The minimum absolute atomic E-state index is 0.0291. The van der Waals surface area contributed by atoms with Crippen LogP contribution in [0.15, 0.2) is 41.7 Å². The van der Waals surface area contributed by atoms with Crippen LogP contribution in [0.25, 0.3) is 10.2 Å². The van der Waals surface area contributed by atoms with Gasteiger partial charge in [0.2, 0.25) is 0 Å². The predicted octanol–water partition coefficient (Wildman–Crippen LogP) is 8.12. The monoisotopic (exact) mass is 671 g/mol. The molecule has 2 saturated carbocycles. The number of anilines is 1. The highest BCUT2D eigenvalue weighted by atomic mass is 35.5. The van der Waals surface area contributed by atoms with Crippen LogP contribution >= 0.6 is 46.5 Å².